The van der Waals surface area contributed by atoms with Crippen LogP contribution in [0.1, 0.15) is 50.8 Å². The second kappa shape index (κ2) is 8.57. The zero-order valence-electron chi connectivity index (χ0n) is 18.1. The summed E-state index contributed by atoms with van der Waals surface area (Å²) in [5.74, 6) is 0.351. The van der Waals surface area contributed by atoms with Crippen LogP contribution in [0.5, 0.6) is 5.88 Å². The Bertz CT molecular complexity index is 1060. The van der Waals surface area contributed by atoms with Crippen molar-refractivity contribution < 1.29 is 23.1 Å². The number of rotatable bonds is 4. The average Bonchev–Trinajstić information content (AvgIpc) is 3.18. The van der Waals surface area contributed by atoms with Crippen molar-refractivity contribution in [3.05, 3.63) is 59.7 Å². The van der Waals surface area contributed by atoms with Gasteiger partial charge in [-0.25, -0.2) is 14.2 Å². The SMILES string of the molecule is CC(C)(C)OC(=O)N1CCC(c2cccc(OCc3cc4occc4cc3F)n2)CC1. The van der Waals surface area contributed by atoms with E-state index in [-0.39, 0.29) is 24.4 Å². The van der Waals surface area contributed by atoms with E-state index < -0.39 is 5.60 Å². The highest BCUT2D eigenvalue weighted by molar-refractivity contribution is 5.77. The Morgan fingerprint density at radius 2 is 2.00 bits per heavy atom. The summed E-state index contributed by atoms with van der Waals surface area (Å²) in [5, 5.41) is 0.721. The van der Waals surface area contributed by atoms with Crippen molar-refractivity contribution in [3.63, 3.8) is 0 Å². The van der Waals surface area contributed by atoms with Crippen LogP contribution in [0.25, 0.3) is 11.0 Å². The number of hydrogen-bond donors (Lipinski definition) is 0. The van der Waals surface area contributed by atoms with Crippen LogP contribution >= 0.6 is 0 Å². The van der Waals surface area contributed by atoms with Crippen LogP contribution in [0.3, 0.4) is 0 Å². The minimum Gasteiger partial charge on any atom is -0.473 e. The molecule has 3 aromatic rings. The molecule has 0 aliphatic carbocycles. The van der Waals surface area contributed by atoms with Gasteiger partial charge in [-0.15, -0.1) is 0 Å². The normalized spacial score (nSPS) is 15.3. The minimum atomic E-state index is -0.498. The van der Waals surface area contributed by atoms with E-state index >= 15 is 0 Å². The lowest BCUT2D eigenvalue weighted by atomic mass is 9.93. The molecule has 2 aromatic heterocycles. The number of pyridine rings is 1. The van der Waals surface area contributed by atoms with Crippen LogP contribution in [0.15, 0.2) is 47.1 Å². The predicted molar refractivity (Wildman–Crippen MR) is 115 cm³/mol. The smallest absolute Gasteiger partial charge is 0.410 e. The van der Waals surface area contributed by atoms with E-state index in [0.29, 0.717) is 30.1 Å². The molecule has 1 fully saturated rings. The van der Waals surface area contributed by atoms with Crippen LogP contribution in [-0.4, -0.2) is 34.7 Å². The van der Waals surface area contributed by atoms with Crippen molar-refractivity contribution in [1.29, 1.82) is 0 Å². The molecule has 1 amide bonds. The molecule has 7 heteroatoms. The van der Waals surface area contributed by atoms with Crippen LogP contribution < -0.4 is 4.74 Å². The van der Waals surface area contributed by atoms with Gasteiger partial charge < -0.3 is 18.8 Å². The van der Waals surface area contributed by atoms with Crippen molar-refractivity contribution in [2.24, 2.45) is 0 Å². The maximum absolute atomic E-state index is 14.3. The van der Waals surface area contributed by atoms with E-state index in [1.165, 1.54) is 12.3 Å². The number of likely N-dealkylation sites (tertiary alicyclic amines) is 1. The number of fused-ring (bicyclic) bond motifs is 1. The number of amides is 1. The Hall–Kier alpha value is -3.09. The quantitative estimate of drug-likeness (QED) is 0.539. The zero-order valence-corrected chi connectivity index (χ0v) is 18.1. The van der Waals surface area contributed by atoms with E-state index in [4.69, 9.17) is 13.9 Å². The molecule has 0 atom stereocenters. The first-order valence-electron chi connectivity index (χ1n) is 10.5. The Kier molecular flexibility index (Phi) is 5.85. The number of aromatic nitrogens is 1. The van der Waals surface area contributed by atoms with Crippen molar-refractivity contribution in [2.75, 3.05) is 13.1 Å². The lowest BCUT2D eigenvalue weighted by Gasteiger charge is -2.33. The van der Waals surface area contributed by atoms with Gasteiger partial charge in [0.1, 0.15) is 23.6 Å². The van der Waals surface area contributed by atoms with E-state index in [9.17, 15) is 9.18 Å². The lowest BCUT2D eigenvalue weighted by molar-refractivity contribution is 0.0204. The zero-order chi connectivity index (χ0) is 22.0. The van der Waals surface area contributed by atoms with Crippen LogP contribution in [0, 0.1) is 5.82 Å². The standard InChI is InChI=1S/C24H27FN2O4/c1-24(2,3)31-23(28)27-10-7-16(8-11-27)20-5-4-6-22(26-20)30-15-18-14-21-17(9-12-29-21)13-19(18)25/h4-6,9,12-14,16H,7-8,10-11,15H2,1-3H3. The van der Waals surface area contributed by atoms with Crippen molar-refractivity contribution in [1.82, 2.24) is 9.88 Å². The highest BCUT2D eigenvalue weighted by atomic mass is 19.1. The summed E-state index contributed by atoms with van der Waals surface area (Å²) in [4.78, 5) is 18.6. The highest BCUT2D eigenvalue weighted by Crippen LogP contribution is 2.29. The number of halogens is 1. The molecule has 0 radical (unpaired) electrons. The number of nitrogens with zero attached hydrogens (tertiary/aromatic N) is 2. The fourth-order valence-corrected chi connectivity index (χ4v) is 3.71. The Labute approximate surface area is 181 Å². The van der Waals surface area contributed by atoms with Crippen molar-refractivity contribution in [2.45, 2.75) is 51.7 Å². The van der Waals surface area contributed by atoms with Crippen LogP contribution in [0.2, 0.25) is 0 Å². The number of piperidine rings is 1. The molecule has 0 saturated carbocycles. The predicted octanol–water partition coefficient (Wildman–Crippen LogP) is 5.66. The van der Waals surface area contributed by atoms with Gasteiger partial charge in [-0.2, -0.15) is 0 Å². The third kappa shape index (κ3) is 5.16. The van der Waals surface area contributed by atoms with Gasteiger partial charge in [0.05, 0.1) is 6.26 Å². The van der Waals surface area contributed by atoms with E-state index in [2.05, 4.69) is 4.98 Å². The van der Waals surface area contributed by atoms with Crippen LogP contribution in [-0.2, 0) is 11.3 Å². The molecule has 3 heterocycles. The van der Waals surface area contributed by atoms with Gasteiger partial charge >= 0.3 is 6.09 Å². The van der Waals surface area contributed by atoms with Crippen LogP contribution in [0.4, 0.5) is 9.18 Å². The van der Waals surface area contributed by atoms with Gasteiger partial charge in [-0.05, 0) is 57.9 Å². The number of benzene rings is 1. The van der Waals surface area contributed by atoms with E-state index in [1.54, 1.807) is 23.1 Å². The molecule has 164 valence electrons. The van der Waals surface area contributed by atoms with E-state index in [0.717, 1.165) is 23.9 Å². The molecule has 4 rings (SSSR count). The summed E-state index contributed by atoms with van der Waals surface area (Å²) < 4.78 is 30.9. The Morgan fingerprint density at radius 3 is 2.74 bits per heavy atom. The third-order valence-electron chi connectivity index (χ3n) is 5.31. The number of carbonyl (C=O) groups excluding carboxylic acids is 1. The molecular formula is C24H27FN2O4. The first-order valence-corrected chi connectivity index (χ1v) is 10.5. The molecule has 1 aliphatic rings. The Morgan fingerprint density at radius 1 is 1.23 bits per heavy atom. The molecule has 1 saturated heterocycles. The molecule has 0 N–H and O–H groups in total. The van der Waals surface area contributed by atoms with Gasteiger partial charge in [0.2, 0.25) is 5.88 Å². The fraction of sp³-hybridized carbons (Fsp3) is 0.417. The topological polar surface area (TPSA) is 64.8 Å². The molecule has 0 unspecified atom stereocenters. The van der Waals surface area contributed by atoms with Gasteiger partial charge in [-0.3, -0.25) is 0 Å². The summed E-state index contributed by atoms with van der Waals surface area (Å²) in [5.41, 5.74) is 1.46. The van der Waals surface area contributed by atoms with E-state index in [1.807, 2.05) is 32.9 Å². The van der Waals surface area contributed by atoms with Gasteiger partial charge in [0, 0.05) is 41.7 Å². The second-order valence-electron chi connectivity index (χ2n) is 8.83. The summed E-state index contributed by atoms with van der Waals surface area (Å²) in [6.07, 6.45) is 2.87. The molecule has 0 spiro atoms. The number of carbonyl (C=O) groups is 1. The third-order valence-corrected chi connectivity index (χ3v) is 5.31. The highest BCUT2D eigenvalue weighted by Gasteiger charge is 2.28. The summed E-state index contributed by atoms with van der Waals surface area (Å²) in [6.45, 7) is 6.92. The molecule has 31 heavy (non-hydrogen) atoms. The molecule has 6 nitrogen and oxygen atoms in total. The molecular weight excluding hydrogens is 399 g/mol. The van der Waals surface area contributed by atoms with Gasteiger partial charge in [0.25, 0.3) is 0 Å². The maximum atomic E-state index is 14.3. The van der Waals surface area contributed by atoms with Crippen molar-refractivity contribution >= 4 is 17.1 Å². The summed E-state index contributed by atoms with van der Waals surface area (Å²) in [7, 11) is 0. The number of furan rings is 1. The summed E-state index contributed by atoms with van der Waals surface area (Å²) >= 11 is 0. The van der Waals surface area contributed by atoms with Crippen molar-refractivity contribution in [3.8, 4) is 5.88 Å². The average molecular weight is 426 g/mol. The summed E-state index contributed by atoms with van der Waals surface area (Å²) in [6, 6.07) is 10.5. The molecule has 0 bridgehead atoms. The van der Waals surface area contributed by atoms with Gasteiger partial charge in [0.15, 0.2) is 0 Å². The fourth-order valence-electron chi connectivity index (χ4n) is 3.71. The largest absolute Gasteiger partial charge is 0.473 e. The first-order chi connectivity index (χ1) is 14.8. The molecule has 1 aliphatic heterocycles. The maximum Gasteiger partial charge on any atom is 0.410 e. The second-order valence-corrected chi connectivity index (χ2v) is 8.83. The lowest BCUT2D eigenvalue weighted by Crippen LogP contribution is -2.41. The number of hydrogen-bond acceptors (Lipinski definition) is 5. The molecule has 1 aromatic carbocycles. The monoisotopic (exact) mass is 426 g/mol. The Balaban J connectivity index is 1.36. The number of ether oxygens (including phenoxy) is 2. The first kappa shape index (κ1) is 21.2. The minimum absolute atomic E-state index is 0.0655. The van der Waals surface area contributed by atoms with Gasteiger partial charge in [-0.1, -0.05) is 6.07 Å².